The molecule has 0 aliphatic carbocycles. The molecule has 0 fully saturated rings. The molecule has 0 radical (unpaired) electrons. The lowest BCUT2D eigenvalue weighted by atomic mass is 10.1. The van der Waals surface area contributed by atoms with Crippen LogP contribution in [0.1, 0.15) is 81.3 Å². The van der Waals surface area contributed by atoms with Crippen LogP contribution in [0.25, 0.3) is 0 Å². The predicted octanol–water partition coefficient (Wildman–Crippen LogP) is 4.35. The summed E-state index contributed by atoms with van der Waals surface area (Å²) in [5.41, 5.74) is 6.89. The number of hydrogen-bond donors (Lipinski definition) is 4. The van der Waals surface area contributed by atoms with E-state index in [4.69, 9.17) is 20.7 Å². The number of aliphatic carboxylic acids is 2. The van der Waals surface area contributed by atoms with E-state index in [0.717, 1.165) is 16.9 Å². The lowest BCUT2D eigenvalue weighted by molar-refractivity contribution is -0.134. The largest absolute Gasteiger partial charge is 0.478 e. The van der Waals surface area contributed by atoms with E-state index in [1.807, 2.05) is 11.4 Å². The Labute approximate surface area is 195 Å². The molecule has 2 atom stereocenters. The van der Waals surface area contributed by atoms with E-state index in [2.05, 4.69) is 18.8 Å². The van der Waals surface area contributed by atoms with Crippen molar-refractivity contribution in [2.75, 3.05) is 13.7 Å². The van der Waals surface area contributed by atoms with Gasteiger partial charge in [0.05, 0.1) is 12.6 Å². The van der Waals surface area contributed by atoms with Crippen LogP contribution in [0.2, 0.25) is 0 Å². The molecule has 1 heterocycles. The summed E-state index contributed by atoms with van der Waals surface area (Å²) >= 11 is 1.59. The minimum atomic E-state index is -1.26. The normalized spacial score (nSPS) is 12.4. The first-order valence-electron chi connectivity index (χ1n) is 11.0. The summed E-state index contributed by atoms with van der Waals surface area (Å²) < 4.78 is 5.38. The maximum Gasteiger partial charge on any atom is 0.328 e. The highest BCUT2D eigenvalue weighted by molar-refractivity contribution is 7.10. The molecule has 0 bridgehead atoms. The number of unbranched alkanes of at least 4 members (excludes halogenated alkanes) is 8. The molecule has 0 saturated heterocycles. The topological polar surface area (TPSA) is 130 Å². The number of carboxylic acids is 2. The van der Waals surface area contributed by atoms with E-state index < -0.39 is 18.0 Å². The van der Waals surface area contributed by atoms with E-state index in [-0.39, 0.29) is 12.7 Å². The zero-order valence-corrected chi connectivity index (χ0v) is 19.9. The van der Waals surface area contributed by atoms with Gasteiger partial charge in [-0.15, -0.1) is 11.3 Å². The Morgan fingerprint density at radius 2 is 1.66 bits per heavy atom. The zero-order valence-electron chi connectivity index (χ0n) is 19.1. The zero-order chi connectivity index (χ0) is 24.2. The number of methoxy groups -OCH3 is 1. The molecule has 5 N–H and O–H groups in total. The highest BCUT2D eigenvalue weighted by Gasteiger charge is 2.20. The smallest absolute Gasteiger partial charge is 0.328 e. The highest BCUT2D eigenvalue weighted by Crippen LogP contribution is 2.26. The monoisotopic (exact) mass is 467 g/mol. The number of aliphatic hydroxyl groups is 1. The first-order valence-corrected chi connectivity index (χ1v) is 11.8. The van der Waals surface area contributed by atoms with Gasteiger partial charge >= 0.3 is 11.9 Å². The van der Waals surface area contributed by atoms with Crippen molar-refractivity contribution in [2.45, 2.75) is 76.9 Å². The molecule has 0 spiro atoms. The molecule has 7 nitrogen and oxygen atoms in total. The molecule has 2 unspecified atom stereocenters. The first-order chi connectivity index (χ1) is 15.3. The number of carbonyl (C=O) groups is 2. The van der Waals surface area contributed by atoms with Crippen molar-refractivity contribution < 1.29 is 29.6 Å². The molecule has 1 aromatic heterocycles. The summed E-state index contributed by atoms with van der Waals surface area (Å²) in [7, 11) is 1.62. The van der Waals surface area contributed by atoms with Crippen molar-refractivity contribution in [3.63, 3.8) is 0 Å². The fourth-order valence-corrected chi connectivity index (χ4v) is 3.81. The molecule has 0 aliphatic heterocycles. The predicted molar refractivity (Wildman–Crippen MR) is 128 cm³/mol. The van der Waals surface area contributed by atoms with Gasteiger partial charge in [-0.25, -0.2) is 9.59 Å². The third-order valence-corrected chi connectivity index (χ3v) is 5.50. The van der Waals surface area contributed by atoms with Crippen molar-refractivity contribution in [1.29, 1.82) is 0 Å². The second-order valence-corrected chi connectivity index (χ2v) is 8.22. The van der Waals surface area contributed by atoms with Gasteiger partial charge in [-0.3, -0.25) is 0 Å². The number of hydrogen-bond acceptors (Lipinski definition) is 6. The Balaban J connectivity index is 0.00000102. The highest BCUT2D eigenvalue weighted by atomic mass is 32.1. The second-order valence-electron chi connectivity index (χ2n) is 7.28. The standard InChI is InChI=1S/C20H33NO2S.C4H4O4/c1-3-4-5-6-7-8-9-10-11-12-13-17-14-19(24-16-17)20(23-2)18(21)15-22;5-3(6)1-2-4(7)8/h14,16,18,20,22H,3-11,15,21H2,1-2H3;1-2H,(H,5,6)(H,7,8)/b;2-1-. The van der Waals surface area contributed by atoms with Gasteiger partial charge in [0.15, 0.2) is 0 Å². The number of rotatable bonds is 14. The fourth-order valence-electron chi connectivity index (χ4n) is 2.82. The van der Waals surface area contributed by atoms with Crippen molar-refractivity contribution in [3.8, 4) is 11.8 Å². The van der Waals surface area contributed by atoms with Crippen LogP contribution in [-0.4, -0.2) is 47.0 Å². The van der Waals surface area contributed by atoms with Crippen molar-refractivity contribution in [3.05, 3.63) is 34.0 Å². The maximum absolute atomic E-state index is 9.55. The van der Waals surface area contributed by atoms with Crippen LogP contribution >= 0.6 is 11.3 Å². The van der Waals surface area contributed by atoms with Gasteiger partial charge in [0.2, 0.25) is 0 Å². The Kier molecular flexibility index (Phi) is 18.2. The summed E-state index contributed by atoms with van der Waals surface area (Å²) in [6, 6.07) is 1.63. The molecule has 0 amide bonds. The molecule has 1 aromatic rings. The van der Waals surface area contributed by atoms with Crippen LogP contribution in [-0.2, 0) is 14.3 Å². The fraction of sp³-hybridized carbons (Fsp3) is 0.583. The van der Waals surface area contributed by atoms with Crippen molar-refractivity contribution in [2.24, 2.45) is 5.73 Å². The molecular weight excluding hydrogens is 430 g/mol. The lowest BCUT2D eigenvalue weighted by Gasteiger charge is -2.19. The molecule has 0 saturated carbocycles. The van der Waals surface area contributed by atoms with Crippen LogP contribution in [0.15, 0.2) is 23.6 Å². The van der Waals surface area contributed by atoms with Crippen LogP contribution < -0.4 is 5.73 Å². The average Bonchev–Trinajstić information content (AvgIpc) is 3.22. The number of carboxylic acid groups (broad SMARTS) is 2. The van der Waals surface area contributed by atoms with Gasteiger partial charge in [-0.1, -0.05) is 63.7 Å². The quantitative estimate of drug-likeness (QED) is 0.182. The average molecular weight is 468 g/mol. The summed E-state index contributed by atoms with van der Waals surface area (Å²) in [6.45, 7) is 2.17. The Bertz CT molecular complexity index is 718. The minimum Gasteiger partial charge on any atom is -0.478 e. The van der Waals surface area contributed by atoms with Gasteiger partial charge in [-0.05, 0) is 12.5 Å². The SMILES string of the molecule is CCCCCCCCCCC#Cc1csc(C(OC)C(N)CO)c1.O=C(O)/C=C\C(=O)O. The second kappa shape index (κ2) is 19.5. The molecule has 0 aliphatic rings. The van der Waals surface area contributed by atoms with E-state index in [0.29, 0.717) is 12.2 Å². The van der Waals surface area contributed by atoms with Gasteiger partial charge < -0.3 is 25.8 Å². The van der Waals surface area contributed by atoms with Gasteiger partial charge in [-0.2, -0.15) is 0 Å². The summed E-state index contributed by atoms with van der Waals surface area (Å²) in [5.74, 6) is 3.97. The molecular formula is C24H37NO6S. The molecule has 0 aromatic carbocycles. The van der Waals surface area contributed by atoms with E-state index in [9.17, 15) is 14.7 Å². The van der Waals surface area contributed by atoms with Gasteiger partial charge in [0, 0.05) is 41.5 Å². The Morgan fingerprint density at radius 3 is 2.16 bits per heavy atom. The third kappa shape index (κ3) is 15.6. The van der Waals surface area contributed by atoms with Gasteiger partial charge in [0.1, 0.15) is 6.10 Å². The first kappa shape index (κ1) is 29.8. The minimum absolute atomic E-state index is 0.0874. The van der Waals surface area contributed by atoms with Crippen LogP contribution in [0.3, 0.4) is 0 Å². The van der Waals surface area contributed by atoms with Gasteiger partial charge in [0.25, 0.3) is 0 Å². The summed E-state index contributed by atoms with van der Waals surface area (Å²) in [4.78, 5) is 20.1. The van der Waals surface area contributed by atoms with Crippen LogP contribution in [0, 0.1) is 11.8 Å². The number of aliphatic hydroxyl groups excluding tert-OH is 1. The van der Waals surface area contributed by atoms with Crippen LogP contribution in [0.5, 0.6) is 0 Å². The molecule has 1 rings (SSSR count). The Morgan fingerprint density at radius 1 is 1.09 bits per heavy atom. The molecule has 180 valence electrons. The van der Waals surface area contributed by atoms with Crippen molar-refractivity contribution in [1.82, 2.24) is 0 Å². The van der Waals surface area contributed by atoms with Crippen LogP contribution in [0.4, 0.5) is 0 Å². The van der Waals surface area contributed by atoms with Crippen molar-refractivity contribution >= 4 is 23.3 Å². The third-order valence-electron chi connectivity index (χ3n) is 4.51. The summed E-state index contributed by atoms with van der Waals surface area (Å²) in [5, 5.41) is 26.8. The molecule has 32 heavy (non-hydrogen) atoms. The van der Waals surface area contributed by atoms with E-state index >= 15 is 0 Å². The number of thiophene rings is 1. The maximum atomic E-state index is 9.55. The molecule has 8 heteroatoms. The Hall–Kier alpha value is -2.18. The van der Waals surface area contributed by atoms with E-state index in [1.165, 1.54) is 51.4 Å². The number of ether oxygens (including phenoxy) is 1. The number of nitrogens with two attached hydrogens (primary N) is 1. The summed E-state index contributed by atoms with van der Waals surface area (Å²) in [6.07, 6.45) is 12.5. The lowest BCUT2D eigenvalue weighted by Crippen LogP contribution is -2.32. The van der Waals surface area contributed by atoms with E-state index in [1.54, 1.807) is 18.4 Å².